The van der Waals surface area contributed by atoms with Crippen molar-refractivity contribution in [2.75, 3.05) is 13.7 Å². The lowest BCUT2D eigenvalue weighted by molar-refractivity contribution is -0.128. The second-order valence-corrected chi connectivity index (χ2v) is 2.48. The summed E-state index contributed by atoms with van der Waals surface area (Å²) in [5.74, 6) is 0.910. The Bertz CT molecular complexity index is 221. The highest BCUT2D eigenvalue weighted by atomic mass is 16.5. The Kier molecular flexibility index (Phi) is 8.54. The van der Waals surface area contributed by atoms with E-state index in [0.29, 0.717) is 13.1 Å². The number of carbonyl (C=O) groups is 1. The van der Waals surface area contributed by atoms with Crippen LogP contribution in [0.4, 0.5) is 0 Å². The second-order valence-electron chi connectivity index (χ2n) is 2.48. The maximum Gasteiger partial charge on any atom is 0.293 e. The van der Waals surface area contributed by atoms with Crippen molar-refractivity contribution in [1.29, 1.82) is 0 Å². The van der Waals surface area contributed by atoms with Crippen molar-refractivity contribution < 1.29 is 14.3 Å². The first-order chi connectivity index (χ1) is 6.85. The first-order valence-electron chi connectivity index (χ1n) is 4.49. The molecule has 0 aliphatic carbocycles. The molecule has 0 heterocycles. The number of hydrogen-bond donors (Lipinski definition) is 0. The Balaban J connectivity index is 0.000000255. The van der Waals surface area contributed by atoms with Gasteiger partial charge in [0.15, 0.2) is 0 Å². The molecule has 0 N–H and O–H groups in total. The van der Waals surface area contributed by atoms with Gasteiger partial charge in [-0.2, -0.15) is 0 Å². The predicted molar refractivity (Wildman–Crippen MR) is 55.3 cm³/mol. The van der Waals surface area contributed by atoms with Gasteiger partial charge in [-0.05, 0) is 18.6 Å². The summed E-state index contributed by atoms with van der Waals surface area (Å²) in [4.78, 5) is 9.34. The fourth-order valence-electron chi connectivity index (χ4n) is 0.723. The van der Waals surface area contributed by atoms with Crippen molar-refractivity contribution in [2.45, 2.75) is 13.3 Å². The van der Waals surface area contributed by atoms with Gasteiger partial charge in [-0.15, -0.1) is 0 Å². The third kappa shape index (κ3) is 7.16. The highest BCUT2D eigenvalue weighted by Crippen LogP contribution is 2.05. The molecule has 0 atom stereocenters. The molecule has 0 radical (unpaired) electrons. The van der Waals surface area contributed by atoms with Crippen LogP contribution in [0, 0.1) is 0 Å². The average Bonchev–Trinajstić information content (AvgIpc) is 2.28. The Morgan fingerprint density at radius 2 is 1.93 bits per heavy atom. The first kappa shape index (κ1) is 12.5. The molecule has 0 saturated carbocycles. The summed E-state index contributed by atoms with van der Waals surface area (Å²) in [7, 11) is 1.66. The molecule has 0 fully saturated rings. The lowest BCUT2D eigenvalue weighted by Crippen LogP contribution is -1.86. The highest BCUT2D eigenvalue weighted by molar-refractivity contribution is 5.36. The molecule has 1 aromatic carbocycles. The minimum absolute atomic E-state index is 0.462. The van der Waals surface area contributed by atoms with Gasteiger partial charge in [0.1, 0.15) is 5.75 Å². The minimum Gasteiger partial charge on any atom is -0.497 e. The molecule has 0 aliphatic heterocycles. The number of hydrogen-bond acceptors (Lipinski definition) is 3. The van der Waals surface area contributed by atoms with Crippen molar-refractivity contribution >= 4 is 6.47 Å². The van der Waals surface area contributed by atoms with E-state index in [4.69, 9.17) is 4.74 Å². The third-order valence-electron chi connectivity index (χ3n) is 1.37. The van der Waals surface area contributed by atoms with Crippen LogP contribution in [0.25, 0.3) is 0 Å². The van der Waals surface area contributed by atoms with Crippen molar-refractivity contribution in [3.05, 3.63) is 30.3 Å². The molecule has 0 unspecified atom stereocenters. The number of para-hydroxylation sites is 1. The molecular formula is C11H16O3. The molecule has 0 aromatic heterocycles. The topological polar surface area (TPSA) is 35.5 Å². The fourth-order valence-corrected chi connectivity index (χ4v) is 0.723. The van der Waals surface area contributed by atoms with Crippen molar-refractivity contribution in [3.63, 3.8) is 0 Å². The molecule has 78 valence electrons. The summed E-state index contributed by atoms with van der Waals surface area (Å²) in [6.45, 7) is 2.95. The van der Waals surface area contributed by atoms with Crippen LogP contribution in [0.5, 0.6) is 5.75 Å². The van der Waals surface area contributed by atoms with Gasteiger partial charge >= 0.3 is 0 Å². The quantitative estimate of drug-likeness (QED) is 0.547. The Labute approximate surface area is 84.7 Å². The molecule has 1 rings (SSSR count). The largest absolute Gasteiger partial charge is 0.497 e. The van der Waals surface area contributed by atoms with Crippen LogP contribution >= 0.6 is 0 Å². The van der Waals surface area contributed by atoms with Gasteiger partial charge in [0, 0.05) is 0 Å². The Morgan fingerprint density at radius 1 is 1.29 bits per heavy atom. The van der Waals surface area contributed by atoms with E-state index < -0.39 is 0 Å². The van der Waals surface area contributed by atoms with Crippen molar-refractivity contribution in [2.24, 2.45) is 0 Å². The molecule has 0 amide bonds. The lowest BCUT2D eigenvalue weighted by Gasteiger charge is -1.93. The van der Waals surface area contributed by atoms with Crippen LogP contribution in [0.15, 0.2) is 30.3 Å². The van der Waals surface area contributed by atoms with Gasteiger partial charge in [-0.25, -0.2) is 0 Å². The smallest absolute Gasteiger partial charge is 0.293 e. The molecular weight excluding hydrogens is 180 g/mol. The monoisotopic (exact) mass is 196 g/mol. The van der Waals surface area contributed by atoms with E-state index in [2.05, 4.69) is 4.74 Å². The zero-order chi connectivity index (χ0) is 10.6. The van der Waals surface area contributed by atoms with Crippen molar-refractivity contribution in [3.8, 4) is 5.75 Å². The molecule has 0 spiro atoms. The van der Waals surface area contributed by atoms with E-state index in [9.17, 15) is 4.79 Å². The van der Waals surface area contributed by atoms with Gasteiger partial charge in [-0.3, -0.25) is 4.79 Å². The van der Waals surface area contributed by atoms with E-state index in [1.807, 2.05) is 37.3 Å². The summed E-state index contributed by atoms with van der Waals surface area (Å²) in [5.41, 5.74) is 0. The summed E-state index contributed by atoms with van der Waals surface area (Å²) >= 11 is 0. The van der Waals surface area contributed by atoms with E-state index in [1.54, 1.807) is 7.11 Å². The third-order valence-corrected chi connectivity index (χ3v) is 1.37. The standard InChI is InChI=1S/C7H8O.C4H8O2/c1-8-7-5-3-2-4-6-7;1-2-3-6-4-5/h2-6H,1H3;4H,2-3H2,1H3. The van der Waals surface area contributed by atoms with Gasteiger partial charge < -0.3 is 9.47 Å². The second kappa shape index (κ2) is 9.58. The van der Waals surface area contributed by atoms with E-state index in [1.165, 1.54) is 0 Å². The van der Waals surface area contributed by atoms with Crippen LogP contribution in [-0.2, 0) is 9.53 Å². The Morgan fingerprint density at radius 3 is 2.21 bits per heavy atom. The number of rotatable bonds is 4. The molecule has 0 aliphatic rings. The van der Waals surface area contributed by atoms with Crippen LogP contribution in [0.3, 0.4) is 0 Å². The molecule has 0 bridgehead atoms. The fraction of sp³-hybridized carbons (Fsp3) is 0.364. The minimum atomic E-state index is 0.462. The van der Waals surface area contributed by atoms with Crippen LogP contribution in [0.2, 0.25) is 0 Å². The van der Waals surface area contributed by atoms with E-state index in [0.717, 1.165) is 12.2 Å². The Hall–Kier alpha value is -1.51. The zero-order valence-electron chi connectivity index (χ0n) is 8.60. The maximum atomic E-state index is 9.34. The highest BCUT2D eigenvalue weighted by Gasteiger charge is 1.80. The summed E-state index contributed by atoms with van der Waals surface area (Å²) in [5, 5.41) is 0. The van der Waals surface area contributed by atoms with Gasteiger partial charge in [0.2, 0.25) is 0 Å². The number of carbonyl (C=O) groups excluding carboxylic acids is 1. The summed E-state index contributed by atoms with van der Waals surface area (Å²) in [6.07, 6.45) is 0.902. The summed E-state index contributed by atoms with van der Waals surface area (Å²) in [6, 6.07) is 9.68. The number of methoxy groups -OCH3 is 1. The first-order valence-corrected chi connectivity index (χ1v) is 4.49. The van der Waals surface area contributed by atoms with Crippen LogP contribution < -0.4 is 4.74 Å². The molecule has 3 nitrogen and oxygen atoms in total. The van der Waals surface area contributed by atoms with Crippen LogP contribution in [0.1, 0.15) is 13.3 Å². The van der Waals surface area contributed by atoms with Gasteiger partial charge in [0.05, 0.1) is 13.7 Å². The molecule has 1 aromatic rings. The molecule has 14 heavy (non-hydrogen) atoms. The van der Waals surface area contributed by atoms with Gasteiger partial charge in [-0.1, -0.05) is 25.1 Å². The zero-order valence-corrected chi connectivity index (χ0v) is 8.60. The lowest BCUT2D eigenvalue weighted by atomic mass is 10.3. The molecule has 0 saturated heterocycles. The predicted octanol–water partition coefficient (Wildman–Crippen LogP) is 2.26. The van der Waals surface area contributed by atoms with Crippen LogP contribution in [-0.4, -0.2) is 20.2 Å². The van der Waals surface area contributed by atoms with E-state index >= 15 is 0 Å². The van der Waals surface area contributed by atoms with E-state index in [-0.39, 0.29) is 0 Å². The maximum absolute atomic E-state index is 9.34. The van der Waals surface area contributed by atoms with Gasteiger partial charge in [0.25, 0.3) is 6.47 Å². The van der Waals surface area contributed by atoms with Crippen molar-refractivity contribution in [1.82, 2.24) is 0 Å². The number of ether oxygens (including phenoxy) is 2. The SMILES string of the molecule is CCCOC=O.COc1ccccc1. The number of benzene rings is 1. The summed E-state index contributed by atoms with van der Waals surface area (Å²) < 4.78 is 9.22. The average molecular weight is 196 g/mol. The molecule has 3 heteroatoms. The normalized spacial score (nSPS) is 8.14.